The van der Waals surface area contributed by atoms with E-state index < -0.39 is 0 Å². The maximum absolute atomic E-state index is 11.9. The summed E-state index contributed by atoms with van der Waals surface area (Å²) >= 11 is 0. The number of hydrogen-bond acceptors (Lipinski definition) is 5. The molecule has 1 amide bonds. The Bertz CT molecular complexity index is 324. The van der Waals surface area contributed by atoms with E-state index in [9.17, 15) is 4.79 Å². The van der Waals surface area contributed by atoms with Crippen LogP contribution in [0.2, 0.25) is 0 Å². The summed E-state index contributed by atoms with van der Waals surface area (Å²) in [5, 5.41) is 13.9. The van der Waals surface area contributed by atoms with Crippen LogP contribution in [0.5, 0.6) is 0 Å². The molecule has 82 valence electrons. The van der Waals surface area contributed by atoms with Crippen molar-refractivity contribution in [3.63, 3.8) is 0 Å². The van der Waals surface area contributed by atoms with Gasteiger partial charge < -0.3 is 10.2 Å². The molecule has 7 heteroatoms. The molecule has 0 bridgehead atoms. The van der Waals surface area contributed by atoms with E-state index in [-0.39, 0.29) is 18.5 Å². The van der Waals surface area contributed by atoms with Crippen molar-refractivity contribution in [3.8, 4) is 0 Å². The van der Waals surface area contributed by atoms with Gasteiger partial charge in [0.25, 0.3) is 0 Å². The van der Waals surface area contributed by atoms with Crippen molar-refractivity contribution in [2.75, 3.05) is 19.6 Å². The van der Waals surface area contributed by atoms with Crippen molar-refractivity contribution in [2.24, 2.45) is 0 Å². The molecule has 1 aliphatic heterocycles. The number of amides is 1. The summed E-state index contributed by atoms with van der Waals surface area (Å²) < 4.78 is 1.44. The number of tetrazole rings is 1. The lowest BCUT2D eigenvalue weighted by Crippen LogP contribution is -2.53. The van der Waals surface area contributed by atoms with E-state index in [0.29, 0.717) is 0 Å². The van der Waals surface area contributed by atoms with Gasteiger partial charge >= 0.3 is 0 Å². The zero-order valence-corrected chi connectivity index (χ0v) is 8.63. The number of nitrogens with one attached hydrogen (secondary N) is 1. The van der Waals surface area contributed by atoms with Gasteiger partial charge in [0.2, 0.25) is 5.91 Å². The molecule has 1 aliphatic rings. The number of carbonyl (C=O) groups excluding carboxylic acids is 1. The Balaban J connectivity index is 1.95. The molecule has 1 aromatic heterocycles. The summed E-state index contributed by atoms with van der Waals surface area (Å²) in [7, 11) is 0. The van der Waals surface area contributed by atoms with Crippen LogP contribution in [0.3, 0.4) is 0 Å². The third-order valence-corrected chi connectivity index (χ3v) is 2.51. The summed E-state index contributed by atoms with van der Waals surface area (Å²) in [5.74, 6) is 0.0660. The molecule has 0 spiro atoms. The topological polar surface area (TPSA) is 75.9 Å². The van der Waals surface area contributed by atoms with Gasteiger partial charge in [-0.15, -0.1) is 5.10 Å². The molecule has 1 unspecified atom stereocenters. The smallest absolute Gasteiger partial charge is 0.244 e. The zero-order valence-electron chi connectivity index (χ0n) is 8.63. The molecule has 15 heavy (non-hydrogen) atoms. The van der Waals surface area contributed by atoms with Crippen LogP contribution in [-0.4, -0.2) is 56.7 Å². The van der Waals surface area contributed by atoms with Crippen molar-refractivity contribution in [1.82, 2.24) is 30.4 Å². The van der Waals surface area contributed by atoms with Gasteiger partial charge in [-0.1, -0.05) is 0 Å². The van der Waals surface area contributed by atoms with Gasteiger partial charge in [-0.25, -0.2) is 4.68 Å². The third-order valence-electron chi connectivity index (χ3n) is 2.51. The summed E-state index contributed by atoms with van der Waals surface area (Å²) in [4.78, 5) is 13.7. The average Bonchev–Trinajstić information content (AvgIpc) is 2.71. The maximum atomic E-state index is 11.9. The van der Waals surface area contributed by atoms with Crippen LogP contribution in [-0.2, 0) is 11.3 Å². The Morgan fingerprint density at radius 3 is 3.20 bits per heavy atom. The minimum absolute atomic E-state index is 0.0660. The lowest BCUT2D eigenvalue weighted by atomic mass is 10.2. The highest BCUT2D eigenvalue weighted by Crippen LogP contribution is 2.03. The van der Waals surface area contributed by atoms with Crippen LogP contribution >= 0.6 is 0 Å². The number of aromatic nitrogens is 4. The average molecular weight is 210 g/mol. The Labute approximate surface area is 87.4 Å². The summed E-state index contributed by atoms with van der Waals surface area (Å²) in [6.07, 6.45) is 1.45. The van der Waals surface area contributed by atoms with Crippen molar-refractivity contribution >= 4 is 5.91 Å². The van der Waals surface area contributed by atoms with Crippen LogP contribution in [0.25, 0.3) is 0 Å². The number of hydrogen-bond donors (Lipinski definition) is 1. The van der Waals surface area contributed by atoms with Gasteiger partial charge in [-0.3, -0.25) is 4.79 Å². The van der Waals surface area contributed by atoms with Crippen LogP contribution < -0.4 is 5.32 Å². The van der Waals surface area contributed by atoms with E-state index in [1.54, 1.807) is 0 Å². The predicted molar refractivity (Wildman–Crippen MR) is 51.9 cm³/mol. The van der Waals surface area contributed by atoms with Gasteiger partial charge in [-0.2, -0.15) is 0 Å². The Kier molecular flexibility index (Phi) is 2.91. The standard InChI is InChI=1S/C8H14N6O/c1-7-4-9-2-3-14(7)8(15)5-13-6-10-11-12-13/h6-7,9H,2-5H2,1H3. The fraction of sp³-hybridized carbons (Fsp3) is 0.750. The Morgan fingerprint density at radius 1 is 1.67 bits per heavy atom. The van der Waals surface area contributed by atoms with Crippen LogP contribution in [0, 0.1) is 0 Å². The number of piperazine rings is 1. The van der Waals surface area contributed by atoms with Gasteiger partial charge in [0, 0.05) is 25.7 Å². The van der Waals surface area contributed by atoms with Gasteiger partial charge in [0.05, 0.1) is 0 Å². The van der Waals surface area contributed by atoms with Gasteiger partial charge in [-0.05, 0) is 17.4 Å². The molecular weight excluding hydrogens is 196 g/mol. The SMILES string of the molecule is CC1CNCCN1C(=O)Cn1cnnn1. The first kappa shape index (κ1) is 10.0. The van der Waals surface area contributed by atoms with Crippen LogP contribution in [0.4, 0.5) is 0 Å². The fourth-order valence-corrected chi connectivity index (χ4v) is 1.69. The van der Waals surface area contributed by atoms with E-state index >= 15 is 0 Å². The fourth-order valence-electron chi connectivity index (χ4n) is 1.69. The lowest BCUT2D eigenvalue weighted by molar-refractivity contribution is -0.134. The highest BCUT2D eigenvalue weighted by molar-refractivity contribution is 5.76. The Hall–Kier alpha value is -1.50. The van der Waals surface area contributed by atoms with Crippen molar-refractivity contribution in [3.05, 3.63) is 6.33 Å². The van der Waals surface area contributed by atoms with E-state index in [1.165, 1.54) is 11.0 Å². The van der Waals surface area contributed by atoms with Crippen molar-refractivity contribution < 1.29 is 4.79 Å². The van der Waals surface area contributed by atoms with E-state index in [4.69, 9.17) is 0 Å². The molecule has 0 radical (unpaired) electrons. The lowest BCUT2D eigenvalue weighted by Gasteiger charge is -2.33. The molecule has 2 heterocycles. The minimum Gasteiger partial charge on any atom is -0.336 e. The minimum atomic E-state index is 0.0660. The highest BCUT2D eigenvalue weighted by Gasteiger charge is 2.22. The van der Waals surface area contributed by atoms with Gasteiger partial charge in [0.1, 0.15) is 12.9 Å². The first-order chi connectivity index (χ1) is 7.27. The summed E-state index contributed by atoms with van der Waals surface area (Å²) in [6, 6.07) is 0.239. The van der Waals surface area contributed by atoms with E-state index in [0.717, 1.165) is 19.6 Å². The molecule has 1 saturated heterocycles. The number of rotatable bonds is 2. The second-order valence-corrected chi connectivity index (χ2v) is 3.65. The molecule has 0 saturated carbocycles. The monoisotopic (exact) mass is 210 g/mol. The molecule has 1 aromatic rings. The molecule has 2 rings (SSSR count). The zero-order chi connectivity index (χ0) is 10.7. The number of carbonyl (C=O) groups is 1. The molecule has 1 fully saturated rings. The molecule has 0 aliphatic carbocycles. The molecule has 0 aromatic carbocycles. The predicted octanol–water partition coefficient (Wildman–Crippen LogP) is -1.51. The maximum Gasteiger partial charge on any atom is 0.244 e. The molecule has 1 atom stereocenters. The normalized spacial score (nSPS) is 21.7. The van der Waals surface area contributed by atoms with E-state index in [2.05, 4.69) is 20.8 Å². The molecule has 7 nitrogen and oxygen atoms in total. The van der Waals surface area contributed by atoms with Crippen molar-refractivity contribution in [1.29, 1.82) is 0 Å². The van der Waals surface area contributed by atoms with E-state index in [1.807, 2.05) is 11.8 Å². The largest absolute Gasteiger partial charge is 0.336 e. The second-order valence-electron chi connectivity index (χ2n) is 3.65. The first-order valence-electron chi connectivity index (χ1n) is 4.98. The third kappa shape index (κ3) is 2.30. The quantitative estimate of drug-likeness (QED) is 0.642. The Morgan fingerprint density at radius 2 is 2.53 bits per heavy atom. The highest BCUT2D eigenvalue weighted by atomic mass is 16.2. The van der Waals surface area contributed by atoms with Crippen molar-refractivity contribution in [2.45, 2.75) is 19.5 Å². The summed E-state index contributed by atoms with van der Waals surface area (Å²) in [6.45, 7) is 4.70. The summed E-state index contributed by atoms with van der Waals surface area (Å²) in [5.41, 5.74) is 0. The van der Waals surface area contributed by atoms with Gasteiger partial charge in [0.15, 0.2) is 0 Å². The number of nitrogens with zero attached hydrogens (tertiary/aromatic N) is 5. The first-order valence-corrected chi connectivity index (χ1v) is 4.98. The second kappa shape index (κ2) is 4.35. The molecule has 1 N–H and O–H groups in total. The van der Waals surface area contributed by atoms with Crippen LogP contribution in [0.15, 0.2) is 6.33 Å². The molecular formula is C8H14N6O. The van der Waals surface area contributed by atoms with Crippen LogP contribution in [0.1, 0.15) is 6.92 Å².